The number of fused-ring (bicyclic) bond motifs is 1. The minimum atomic E-state index is -0.468. The van der Waals surface area contributed by atoms with E-state index in [-0.39, 0.29) is 19.8 Å². The van der Waals surface area contributed by atoms with Crippen molar-refractivity contribution in [2.75, 3.05) is 33.0 Å². The Morgan fingerprint density at radius 2 is 1.48 bits per heavy atom. The van der Waals surface area contributed by atoms with Crippen LogP contribution in [0, 0.1) is 0 Å². The van der Waals surface area contributed by atoms with E-state index in [1.807, 2.05) is 0 Å². The molecule has 0 aromatic heterocycles. The van der Waals surface area contributed by atoms with E-state index in [1.165, 1.54) is 0 Å². The number of aldehydes is 1. The summed E-state index contributed by atoms with van der Waals surface area (Å²) in [7, 11) is 0. The van der Waals surface area contributed by atoms with Crippen molar-refractivity contribution in [3.63, 3.8) is 0 Å². The second-order valence-corrected chi connectivity index (χ2v) is 4.14. The summed E-state index contributed by atoms with van der Waals surface area (Å²) in [6.07, 6.45) is 0.658. The van der Waals surface area contributed by atoms with Crippen LogP contribution in [0.4, 0.5) is 0 Å². The highest BCUT2D eigenvalue weighted by molar-refractivity contribution is 6.20. The lowest BCUT2D eigenvalue weighted by atomic mass is 10.1. The Morgan fingerprint density at radius 3 is 2.10 bits per heavy atom. The van der Waals surface area contributed by atoms with Crippen LogP contribution < -0.4 is 0 Å². The van der Waals surface area contributed by atoms with Gasteiger partial charge in [-0.3, -0.25) is 14.4 Å². The molecule has 2 amide bonds. The van der Waals surface area contributed by atoms with E-state index in [1.54, 1.807) is 24.3 Å². The van der Waals surface area contributed by atoms with Crippen LogP contribution >= 0.6 is 0 Å². The standard InChI is InChI=1S/C14H15NO6/c16-5-6-19-7-8-20-9-10-21-15-13(17)11-3-1-2-4-12(11)14(15)18/h1-5H,6-10H2. The van der Waals surface area contributed by atoms with Gasteiger partial charge in [-0.05, 0) is 12.1 Å². The van der Waals surface area contributed by atoms with Gasteiger partial charge in [0, 0.05) is 0 Å². The number of nitrogens with zero attached hydrogens (tertiary/aromatic N) is 1. The van der Waals surface area contributed by atoms with Gasteiger partial charge < -0.3 is 14.3 Å². The lowest BCUT2D eigenvalue weighted by molar-refractivity contribution is -0.114. The summed E-state index contributed by atoms with van der Waals surface area (Å²) < 4.78 is 10.1. The minimum absolute atomic E-state index is 0.0366. The fourth-order valence-corrected chi connectivity index (χ4v) is 1.82. The van der Waals surface area contributed by atoms with Crippen LogP contribution in [-0.4, -0.2) is 56.2 Å². The Balaban J connectivity index is 1.70. The van der Waals surface area contributed by atoms with Crippen LogP contribution in [0.1, 0.15) is 20.7 Å². The summed E-state index contributed by atoms with van der Waals surface area (Å²) in [4.78, 5) is 39.0. The molecule has 7 nitrogen and oxygen atoms in total. The summed E-state index contributed by atoms with van der Waals surface area (Å²) >= 11 is 0. The third-order valence-corrected chi connectivity index (χ3v) is 2.76. The van der Waals surface area contributed by atoms with Crippen molar-refractivity contribution in [2.45, 2.75) is 0 Å². The van der Waals surface area contributed by atoms with Crippen molar-refractivity contribution in [1.29, 1.82) is 0 Å². The van der Waals surface area contributed by atoms with E-state index in [4.69, 9.17) is 14.3 Å². The molecule has 0 spiro atoms. The van der Waals surface area contributed by atoms with Crippen LogP contribution in [0.15, 0.2) is 24.3 Å². The Labute approximate surface area is 121 Å². The van der Waals surface area contributed by atoms with E-state index >= 15 is 0 Å². The Morgan fingerprint density at radius 1 is 0.905 bits per heavy atom. The summed E-state index contributed by atoms with van der Waals surface area (Å²) in [5.74, 6) is -0.935. The zero-order valence-electron chi connectivity index (χ0n) is 11.3. The van der Waals surface area contributed by atoms with Gasteiger partial charge in [-0.2, -0.15) is 0 Å². The smallest absolute Gasteiger partial charge is 0.285 e. The number of carbonyl (C=O) groups excluding carboxylic acids is 3. The average Bonchev–Trinajstić information content (AvgIpc) is 2.75. The first kappa shape index (κ1) is 15.3. The molecule has 1 aromatic rings. The molecule has 112 valence electrons. The quantitative estimate of drug-likeness (QED) is 0.373. The predicted octanol–water partition coefficient (Wildman–Crippen LogP) is 0.446. The van der Waals surface area contributed by atoms with Gasteiger partial charge in [0.2, 0.25) is 0 Å². The minimum Gasteiger partial charge on any atom is -0.377 e. The number of amides is 2. The molecule has 1 aromatic carbocycles. The summed E-state index contributed by atoms with van der Waals surface area (Å²) in [6.45, 7) is 0.914. The number of benzene rings is 1. The first-order valence-electron chi connectivity index (χ1n) is 6.45. The van der Waals surface area contributed by atoms with E-state index in [2.05, 4.69) is 0 Å². The molecule has 0 aliphatic carbocycles. The molecule has 7 heteroatoms. The van der Waals surface area contributed by atoms with Gasteiger partial charge in [-0.25, -0.2) is 0 Å². The second kappa shape index (κ2) is 7.63. The van der Waals surface area contributed by atoms with E-state index in [0.717, 1.165) is 5.06 Å². The van der Waals surface area contributed by atoms with Crippen molar-refractivity contribution in [3.8, 4) is 0 Å². The summed E-state index contributed by atoms with van der Waals surface area (Å²) in [6, 6.07) is 6.55. The van der Waals surface area contributed by atoms with Gasteiger partial charge in [0.1, 0.15) is 12.9 Å². The van der Waals surface area contributed by atoms with Crippen molar-refractivity contribution in [2.24, 2.45) is 0 Å². The molecule has 0 N–H and O–H groups in total. The Hall–Kier alpha value is -2.09. The predicted molar refractivity (Wildman–Crippen MR) is 70.6 cm³/mol. The number of hydrogen-bond donors (Lipinski definition) is 0. The van der Waals surface area contributed by atoms with Crippen LogP contribution in [0.25, 0.3) is 0 Å². The highest BCUT2D eigenvalue weighted by atomic mass is 16.7. The molecule has 0 bridgehead atoms. The van der Waals surface area contributed by atoms with Gasteiger partial charge in [0.25, 0.3) is 11.8 Å². The largest absolute Gasteiger partial charge is 0.377 e. The van der Waals surface area contributed by atoms with Crippen LogP contribution in [0.3, 0.4) is 0 Å². The normalized spacial score (nSPS) is 13.6. The van der Waals surface area contributed by atoms with Crippen molar-refractivity contribution in [1.82, 2.24) is 5.06 Å². The molecule has 1 heterocycles. The second-order valence-electron chi connectivity index (χ2n) is 4.14. The van der Waals surface area contributed by atoms with Gasteiger partial charge in [0.15, 0.2) is 0 Å². The molecule has 0 unspecified atom stereocenters. The van der Waals surface area contributed by atoms with Gasteiger partial charge in [-0.15, -0.1) is 5.06 Å². The third kappa shape index (κ3) is 3.72. The first-order chi connectivity index (χ1) is 10.3. The number of rotatable bonds is 9. The van der Waals surface area contributed by atoms with Crippen LogP contribution in [0.2, 0.25) is 0 Å². The third-order valence-electron chi connectivity index (χ3n) is 2.76. The Kier molecular flexibility index (Phi) is 5.56. The van der Waals surface area contributed by atoms with E-state index in [0.29, 0.717) is 30.6 Å². The van der Waals surface area contributed by atoms with Gasteiger partial charge in [0.05, 0.1) is 37.6 Å². The zero-order chi connectivity index (χ0) is 15.1. The molecule has 2 rings (SSSR count). The summed E-state index contributed by atoms with van der Waals surface area (Å²) in [5, 5.41) is 0.747. The van der Waals surface area contributed by atoms with Crippen molar-refractivity contribution < 1.29 is 28.7 Å². The lowest BCUT2D eigenvalue weighted by Crippen LogP contribution is -2.31. The molecule has 1 aliphatic rings. The van der Waals surface area contributed by atoms with Crippen molar-refractivity contribution in [3.05, 3.63) is 35.4 Å². The molecule has 0 saturated heterocycles. The van der Waals surface area contributed by atoms with E-state index < -0.39 is 11.8 Å². The molecule has 0 saturated carbocycles. The Bertz CT molecular complexity index is 495. The molecule has 0 radical (unpaired) electrons. The number of imide groups is 1. The maximum Gasteiger partial charge on any atom is 0.285 e. The van der Waals surface area contributed by atoms with Gasteiger partial charge in [-0.1, -0.05) is 12.1 Å². The monoisotopic (exact) mass is 293 g/mol. The number of hydroxylamine groups is 2. The topological polar surface area (TPSA) is 82.1 Å². The molecular weight excluding hydrogens is 278 g/mol. The number of hydrogen-bond acceptors (Lipinski definition) is 6. The highest BCUT2D eigenvalue weighted by Crippen LogP contribution is 2.22. The average molecular weight is 293 g/mol. The molecular formula is C14H15NO6. The highest BCUT2D eigenvalue weighted by Gasteiger charge is 2.36. The lowest BCUT2D eigenvalue weighted by Gasteiger charge is -2.13. The van der Waals surface area contributed by atoms with Crippen molar-refractivity contribution >= 4 is 18.1 Å². The molecule has 0 atom stereocenters. The van der Waals surface area contributed by atoms with E-state index in [9.17, 15) is 14.4 Å². The van der Waals surface area contributed by atoms with Crippen LogP contribution in [-0.2, 0) is 19.1 Å². The zero-order valence-corrected chi connectivity index (χ0v) is 11.3. The molecule has 1 aliphatic heterocycles. The first-order valence-corrected chi connectivity index (χ1v) is 6.45. The van der Waals surface area contributed by atoms with Gasteiger partial charge >= 0.3 is 0 Å². The van der Waals surface area contributed by atoms with Crippen LogP contribution in [0.5, 0.6) is 0 Å². The fraction of sp³-hybridized carbons (Fsp3) is 0.357. The number of carbonyl (C=O) groups is 3. The fourth-order valence-electron chi connectivity index (χ4n) is 1.82. The maximum atomic E-state index is 11.9. The SMILES string of the molecule is O=CCOCCOCCON1C(=O)c2ccccc2C1=O. The number of ether oxygens (including phenoxy) is 2. The summed E-state index contributed by atoms with van der Waals surface area (Å²) in [5.41, 5.74) is 0.677. The maximum absolute atomic E-state index is 11.9. The molecule has 21 heavy (non-hydrogen) atoms. The molecule has 0 fully saturated rings.